The van der Waals surface area contributed by atoms with Crippen molar-refractivity contribution in [2.24, 2.45) is 0 Å². The van der Waals surface area contributed by atoms with Crippen LogP contribution in [-0.4, -0.2) is 11.7 Å². The van der Waals surface area contributed by atoms with Crippen LogP contribution in [0, 0.1) is 0 Å². The molecule has 2 aromatic rings. The molecule has 0 saturated heterocycles. The molecule has 0 aliphatic rings. The zero-order valence-electron chi connectivity index (χ0n) is 9.01. The van der Waals surface area contributed by atoms with Gasteiger partial charge >= 0.3 is 0 Å². The molecule has 0 fully saturated rings. The standard InChI is InChI=1S/C14H15NO/c16-14(12-7-3-1-4-8-12)11-15-13-9-5-2-6-10-13/h1-10,14-16H,11H2/t14-/m0/s1. The van der Waals surface area contributed by atoms with Crippen LogP contribution in [0.15, 0.2) is 60.7 Å². The summed E-state index contributed by atoms with van der Waals surface area (Å²) in [5, 5.41) is 13.1. The summed E-state index contributed by atoms with van der Waals surface area (Å²) in [5.41, 5.74) is 1.96. The second-order valence-electron chi connectivity index (χ2n) is 3.67. The number of hydrogen-bond donors (Lipinski definition) is 2. The minimum absolute atomic E-state index is 0.471. The fourth-order valence-electron chi connectivity index (χ4n) is 1.56. The predicted molar refractivity (Wildman–Crippen MR) is 66.3 cm³/mol. The highest BCUT2D eigenvalue weighted by atomic mass is 16.3. The van der Waals surface area contributed by atoms with Gasteiger partial charge in [-0.1, -0.05) is 48.5 Å². The molecule has 2 rings (SSSR count). The van der Waals surface area contributed by atoms with Crippen molar-refractivity contribution in [2.75, 3.05) is 11.9 Å². The average molecular weight is 213 g/mol. The second-order valence-corrected chi connectivity index (χ2v) is 3.67. The van der Waals surface area contributed by atoms with Crippen LogP contribution in [0.3, 0.4) is 0 Å². The summed E-state index contributed by atoms with van der Waals surface area (Å²) in [6.07, 6.45) is -0.471. The van der Waals surface area contributed by atoms with Crippen LogP contribution in [0.1, 0.15) is 11.7 Å². The van der Waals surface area contributed by atoms with E-state index >= 15 is 0 Å². The molecule has 2 nitrogen and oxygen atoms in total. The number of aliphatic hydroxyl groups is 1. The molecule has 0 unspecified atom stereocenters. The number of hydrogen-bond acceptors (Lipinski definition) is 2. The molecule has 2 N–H and O–H groups in total. The van der Waals surface area contributed by atoms with Crippen molar-refractivity contribution in [3.8, 4) is 0 Å². The van der Waals surface area contributed by atoms with Crippen LogP contribution in [0.5, 0.6) is 0 Å². The molecule has 2 heteroatoms. The lowest BCUT2D eigenvalue weighted by atomic mass is 10.1. The van der Waals surface area contributed by atoms with Crippen LogP contribution in [0.25, 0.3) is 0 Å². The van der Waals surface area contributed by atoms with Gasteiger partial charge in [-0.25, -0.2) is 0 Å². The summed E-state index contributed by atoms with van der Waals surface area (Å²) in [6, 6.07) is 19.5. The van der Waals surface area contributed by atoms with E-state index in [4.69, 9.17) is 0 Å². The summed E-state index contributed by atoms with van der Waals surface area (Å²) in [4.78, 5) is 0. The molecule has 0 radical (unpaired) electrons. The fraction of sp³-hybridized carbons (Fsp3) is 0.143. The van der Waals surface area contributed by atoms with Gasteiger partial charge in [0.05, 0.1) is 6.10 Å². The Balaban J connectivity index is 1.92. The second kappa shape index (κ2) is 5.33. The molecule has 82 valence electrons. The van der Waals surface area contributed by atoms with E-state index in [9.17, 15) is 5.11 Å². The van der Waals surface area contributed by atoms with E-state index in [1.807, 2.05) is 60.7 Å². The number of anilines is 1. The SMILES string of the molecule is O[C@@H](CNc1ccccc1)c1ccccc1. The molecular weight excluding hydrogens is 198 g/mol. The Morgan fingerprint density at radius 3 is 2.06 bits per heavy atom. The molecule has 0 saturated carbocycles. The van der Waals surface area contributed by atoms with Gasteiger partial charge in [-0.05, 0) is 17.7 Å². The van der Waals surface area contributed by atoms with E-state index in [1.54, 1.807) is 0 Å². The van der Waals surface area contributed by atoms with Crippen LogP contribution < -0.4 is 5.32 Å². The van der Waals surface area contributed by atoms with Gasteiger partial charge < -0.3 is 10.4 Å². The lowest BCUT2D eigenvalue weighted by Gasteiger charge is -2.12. The third kappa shape index (κ3) is 2.84. The lowest BCUT2D eigenvalue weighted by Crippen LogP contribution is -2.11. The number of rotatable bonds is 4. The molecule has 0 aromatic heterocycles. The molecule has 0 heterocycles. The highest BCUT2D eigenvalue weighted by Gasteiger charge is 2.05. The molecule has 1 atom stereocenters. The van der Waals surface area contributed by atoms with E-state index in [0.29, 0.717) is 6.54 Å². The molecule has 0 bridgehead atoms. The molecule has 0 spiro atoms. The van der Waals surface area contributed by atoms with Crippen molar-refractivity contribution in [1.82, 2.24) is 0 Å². The molecule has 0 aliphatic carbocycles. The number of benzene rings is 2. The number of aliphatic hydroxyl groups excluding tert-OH is 1. The Hall–Kier alpha value is -1.80. The summed E-state index contributed by atoms with van der Waals surface area (Å²) < 4.78 is 0. The Kier molecular flexibility index (Phi) is 3.57. The molecular formula is C14H15NO. The van der Waals surface area contributed by atoms with Gasteiger partial charge in [0, 0.05) is 12.2 Å². The molecule has 0 amide bonds. The lowest BCUT2D eigenvalue weighted by molar-refractivity contribution is 0.191. The van der Waals surface area contributed by atoms with Crippen LogP contribution in [0.2, 0.25) is 0 Å². The Morgan fingerprint density at radius 1 is 0.875 bits per heavy atom. The van der Waals surface area contributed by atoms with Crippen molar-refractivity contribution in [1.29, 1.82) is 0 Å². The third-order valence-electron chi connectivity index (χ3n) is 2.46. The first-order chi connectivity index (χ1) is 7.86. The van der Waals surface area contributed by atoms with E-state index < -0.39 is 6.10 Å². The highest BCUT2D eigenvalue weighted by molar-refractivity contribution is 5.42. The van der Waals surface area contributed by atoms with Gasteiger partial charge in [0.1, 0.15) is 0 Å². The van der Waals surface area contributed by atoms with Crippen LogP contribution in [0.4, 0.5) is 5.69 Å². The minimum Gasteiger partial charge on any atom is -0.387 e. The van der Waals surface area contributed by atoms with E-state index in [0.717, 1.165) is 11.3 Å². The number of para-hydroxylation sites is 1. The van der Waals surface area contributed by atoms with Crippen molar-refractivity contribution in [3.63, 3.8) is 0 Å². The van der Waals surface area contributed by atoms with Gasteiger partial charge in [0.2, 0.25) is 0 Å². The van der Waals surface area contributed by atoms with Gasteiger partial charge in [-0.15, -0.1) is 0 Å². The van der Waals surface area contributed by atoms with Gasteiger partial charge in [0.25, 0.3) is 0 Å². The smallest absolute Gasteiger partial charge is 0.0962 e. The Bertz CT molecular complexity index is 413. The molecule has 16 heavy (non-hydrogen) atoms. The maximum Gasteiger partial charge on any atom is 0.0962 e. The zero-order valence-corrected chi connectivity index (χ0v) is 9.01. The Morgan fingerprint density at radius 2 is 1.44 bits per heavy atom. The van der Waals surface area contributed by atoms with Crippen molar-refractivity contribution in [3.05, 3.63) is 66.2 Å². The van der Waals surface area contributed by atoms with E-state index in [2.05, 4.69) is 5.32 Å². The summed E-state index contributed by atoms with van der Waals surface area (Å²) >= 11 is 0. The van der Waals surface area contributed by atoms with Gasteiger partial charge in [-0.2, -0.15) is 0 Å². The van der Waals surface area contributed by atoms with Gasteiger partial charge in [0.15, 0.2) is 0 Å². The largest absolute Gasteiger partial charge is 0.387 e. The maximum absolute atomic E-state index is 9.92. The first kappa shape index (κ1) is 10.7. The maximum atomic E-state index is 9.92. The highest BCUT2D eigenvalue weighted by Crippen LogP contribution is 2.13. The monoisotopic (exact) mass is 213 g/mol. The first-order valence-corrected chi connectivity index (χ1v) is 5.38. The zero-order chi connectivity index (χ0) is 11.2. The summed E-state index contributed by atoms with van der Waals surface area (Å²) in [6.45, 7) is 0.522. The summed E-state index contributed by atoms with van der Waals surface area (Å²) in [5.74, 6) is 0. The predicted octanol–water partition coefficient (Wildman–Crippen LogP) is 2.83. The minimum atomic E-state index is -0.471. The van der Waals surface area contributed by atoms with Crippen LogP contribution >= 0.6 is 0 Å². The molecule has 2 aromatic carbocycles. The topological polar surface area (TPSA) is 32.3 Å². The van der Waals surface area contributed by atoms with Crippen LogP contribution in [-0.2, 0) is 0 Å². The molecule has 0 aliphatic heterocycles. The first-order valence-electron chi connectivity index (χ1n) is 5.38. The number of nitrogens with one attached hydrogen (secondary N) is 1. The van der Waals surface area contributed by atoms with Crippen molar-refractivity contribution in [2.45, 2.75) is 6.10 Å². The quantitative estimate of drug-likeness (QED) is 0.818. The fourth-order valence-corrected chi connectivity index (χ4v) is 1.56. The normalized spacial score (nSPS) is 12.1. The van der Waals surface area contributed by atoms with Crippen molar-refractivity contribution < 1.29 is 5.11 Å². The Labute approximate surface area is 95.6 Å². The summed E-state index contributed by atoms with van der Waals surface area (Å²) in [7, 11) is 0. The van der Waals surface area contributed by atoms with Crippen molar-refractivity contribution >= 4 is 5.69 Å². The van der Waals surface area contributed by atoms with Gasteiger partial charge in [-0.3, -0.25) is 0 Å². The van der Waals surface area contributed by atoms with E-state index in [-0.39, 0.29) is 0 Å². The third-order valence-corrected chi connectivity index (χ3v) is 2.46. The van der Waals surface area contributed by atoms with E-state index in [1.165, 1.54) is 0 Å². The average Bonchev–Trinajstić information content (AvgIpc) is 2.38.